The van der Waals surface area contributed by atoms with Gasteiger partial charge in [-0.25, -0.2) is 0 Å². The molecule has 0 aromatic carbocycles. The molecule has 0 aliphatic carbocycles. The molecule has 6 nitrogen and oxygen atoms in total. The minimum atomic E-state index is -1.55. The van der Waals surface area contributed by atoms with Gasteiger partial charge in [0.1, 0.15) is 18.3 Å². The van der Waals surface area contributed by atoms with Crippen molar-refractivity contribution in [3.8, 4) is 0 Å². The highest BCUT2D eigenvalue weighted by Gasteiger charge is 2.29. The average Bonchev–Trinajstić information content (AvgIpc) is 2.47. The van der Waals surface area contributed by atoms with Gasteiger partial charge >= 0.3 is 0 Å². The maximum Gasteiger partial charge on any atom is 0.111 e. The number of aliphatic hydroxyl groups excluding tert-OH is 5. The van der Waals surface area contributed by atoms with Crippen molar-refractivity contribution in [3.05, 3.63) is 0 Å². The molecule has 0 spiro atoms. The first-order valence-corrected chi connectivity index (χ1v) is 7.58. The van der Waals surface area contributed by atoms with Crippen molar-refractivity contribution in [2.45, 2.75) is 69.9 Å². The van der Waals surface area contributed by atoms with Crippen molar-refractivity contribution in [2.24, 2.45) is 0 Å². The van der Waals surface area contributed by atoms with Crippen LogP contribution in [0.3, 0.4) is 0 Å². The topological polar surface area (TPSA) is 113 Å². The zero-order valence-electron chi connectivity index (χ0n) is 12.4. The molecule has 0 rings (SSSR count). The average molecular weight is 293 g/mol. The number of nitrogens with one attached hydrogen (secondary N) is 1. The Bertz CT molecular complexity index is 218. The van der Waals surface area contributed by atoms with Crippen molar-refractivity contribution in [1.82, 2.24) is 5.32 Å². The first-order chi connectivity index (χ1) is 9.54. The molecule has 0 amide bonds. The number of aliphatic hydroxyl groups is 5. The normalized spacial score (nSPS) is 17.7. The molecule has 0 radical (unpaired) electrons. The fourth-order valence-electron chi connectivity index (χ4n) is 1.96. The molecule has 0 aromatic heterocycles. The van der Waals surface area contributed by atoms with Gasteiger partial charge in [0.2, 0.25) is 0 Å². The van der Waals surface area contributed by atoms with Gasteiger partial charge in [-0.05, 0) is 13.0 Å². The molecule has 0 heterocycles. The highest BCUT2D eigenvalue weighted by Crippen LogP contribution is 2.06. The third-order valence-electron chi connectivity index (χ3n) is 3.39. The summed E-state index contributed by atoms with van der Waals surface area (Å²) in [4.78, 5) is 0. The molecule has 6 heteroatoms. The number of rotatable bonds is 13. The minimum Gasteiger partial charge on any atom is -0.394 e. The molecule has 0 aliphatic rings. The monoisotopic (exact) mass is 293 g/mol. The van der Waals surface area contributed by atoms with E-state index in [-0.39, 0.29) is 6.54 Å². The van der Waals surface area contributed by atoms with E-state index in [2.05, 4.69) is 12.2 Å². The third kappa shape index (κ3) is 8.84. The van der Waals surface area contributed by atoms with Gasteiger partial charge in [-0.15, -0.1) is 0 Å². The van der Waals surface area contributed by atoms with Gasteiger partial charge in [-0.3, -0.25) is 0 Å². The quantitative estimate of drug-likeness (QED) is 0.252. The van der Waals surface area contributed by atoms with Crippen LogP contribution in [0.25, 0.3) is 0 Å². The second kappa shape index (κ2) is 12.5. The summed E-state index contributed by atoms with van der Waals surface area (Å²) in [5, 5.41) is 49.5. The van der Waals surface area contributed by atoms with Gasteiger partial charge in [0, 0.05) is 6.54 Å². The fourth-order valence-corrected chi connectivity index (χ4v) is 1.96. The summed E-state index contributed by atoms with van der Waals surface area (Å²) in [7, 11) is 0. The highest BCUT2D eigenvalue weighted by atomic mass is 16.4. The lowest BCUT2D eigenvalue weighted by atomic mass is 10.0. The Labute approximate surface area is 121 Å². The zero-order valence-corrected chi connectivity index (χ0v) is 12.4. The van der Waals surface area contributed by atoms with Gasteiger partial charge in [0.15, 0.2) is 0 Å². The summed E-state index contributed by atoms with van der Waals surface area (Å²) in [6, 6.07) is 0. The highest BCUT2D eigenvalue weighted by molar-refractivity contribution is 4.81. The number of hydrogen-bond donors (Lipinski definition) is 6. The SMILES string of the molecule is CCCCCCCCNC[C@@H](O)[C@H](O)[C@H](O)[C@H](O)CO. The molecule has 4 atom stereocenters. The molecule has 0 fully saturated rings. The molecular weight excluding hydrogens is 262 g/mol. The van der Waals surface area contributed by atoms with Crippen LogP contribution in [-0.2, 0) is 0 Å². The molecule has 0 aliphatic heterocycles. The Balaban J connectivity index is 3.59. The van der Waals surface area contributed by atoms with Crippen LogP contribution in [0, 0.1) is 0 Å². The Morgan fingerprint density at radius 3 is 1.95 bits per heavy atom. The smallest absolute Gasteiger partial charge is 0.111 e. The van der Waals surface area contributed by atoms with Crippen LogP contribution >= 0.6 is 0 Å². The van der Waals surface area contributed by atoms with Gasteiger partial charge in [0.25, 0.3) is 0 Å². The predicted molar refractivity (Wildman–Crippen MR) is 77.4 cm³/mol. The first kappa shape index (κ1) is 19.8. The molecule has 0 saturated carbocycles. The summed E-state index contributed by atoms with van der Waals surface area (Å²) in [5.74, 6) is 0. The third-order valence-corrected chi connectivity index (χ3v) is 3.39. The van der Waals surface area contributed by atoms with E-state index in [1.165, 1.54) is 25.7 Å². The van der Waals surface area contributed by atoms with Crippen LogP contribution < -0.4 is 5.32 Å². The molecule has 0 bridgehead atoms. The minimum absolute atomic E-state index is 0.144. The largest absolute Gasteiger partial charge is 0.394 e. The van der Waals surface area contributed by atoms with Crippen LogP contribution in [-0.4, -0.2) is 69.6 Å². The second-order valence-corrected chi connectivity index (χ2v) is 5.27. The summed E-state index contributed by atoms with van der Waals surface area (Å²) in [5.41, 5.74) is 0. The zero-order chi connectivity index (χ0) is 15.4. The standard InChI is InChI=1S/C14H31NO5/c1-2-3-4-5-6-7-8-15-9-11(17)13(19)14(20)12(18)10-16/h11-20H,2-10H2,1H3/t11-,12-,13+,14-/m1/s1. The summed E-state index contributed by atoms with van der Waals surface area (Å²) < 4.78 is 0. The Hall–Kier alpha value is -0.240. The lowest BCUT2D eigenvalue weighted by molar-refractivity contribution is -0.113. The Morgan fingerprint density at radius 2 is 1.35 bits per heavy atom. The van der Waals surface area contributed by atoms with Gasteiger partial charge in [0.05, 0.1) is 12.7 Å². The van der Waals surface area contributed by atoms with Crippen molar-refractivity contribution in [2.75, 3.05) is 19.7 Å². The summed E-state index contributed by atoms with van der Waals surface area (Å²) >= 11 is 0. The Morgan fingerprint density at radius 1 is 0.800 bits per heavy atom. The molecule has 0 saturated heterocycles. The van der Waals surface area contributed by atoms with E-state index < -0.39 is 31.0 Å². The van der Waals surface area contributed by atoms with E-state index in [1.807, 2.05) is 0 Å². The Kier molecular flexibility index (Phi) is 12.3. The van der Waals surface area contributed by atoms with Crippen molar-refractivity contribution < 1.29 is 25.5 Å². The molecule has 0 aromatic rings. The van der Waals surface area contributed by atoms with E-state index in [1.54, 1.807) is 0 Å². The van der Waals surface area contributed by atoms with Gasteiger partial charge in [-0.1, -0.05) is 39.0 Å². The molecule has 122 valence electrons. The van der Waals surface area contributed by atoms with Gasteiger partial charge < -0.3 is 30.8 Å². The lowest BCUT2D eigenvalue weighted by Gasteiger charge is -2.25. The van der Waals surface area contributed by atoms with E-state index in [4.69, 9.17) is 10.2 Å². The van der Waals surface area contributed by atoms with Gasteiger partial charge in [-0.2, -0.15) is 0 Å². The van der Waals surface area contributed by atoms with Crippen LogP contribution in [0.4, 0.5) is 0 Å². The molecule has 6 N–H and O–H groups in total. The van der Waals surface area contributed by atoms with Crippen LogP contribution in [0.1, 0.15) is 45.4 Å². The van der Waals surface area contributed by atoms with Crippen LogP contribution in [0.15, 0.2) is 0 Å². The fraction of sp³-hybridized carbons (Fsp3) is 1.00. The molecule has 20 heavy (non-hydrogen) atoms. The van der Waals surface area contributed by atoms with Crippen molar-refractivity contribution >= 4 is 0 Å². The van der Waals surface area contributed by atoms with Crippen molar-refractivity contribution in [1.29, 1.82) is 0 Å². The van der Waals surface area contributed by atoms with Crippen molar-refractivity contribution in [3.63, 3.8) is 0 Å². The van der Waals surface area contributed by atoms with E-state index in [0.717, 1.165) is 19.4 Å². The lowest BCUT2D eigenvalue weighted by Crippen LogP contribution is -2.49. The second-order valence-electron chi connectivity index (χ2n) is 5.27. The molecular formula is C14H31NO5. The summed E-state index contributed by atoms with van der Waals surface area (Å²) in [6.45, 7) is 2.41. The number of hydrogen-bond acceptors (Lipinski definition) is 6. The van der Waals surface area contributed by atoms with Crippen LogP contribution in [0.2, 0.25) is 0 Å². The van der Waals surface area contributed by atoms with Crippen LogP contribution in [0.5, 0.6) is 0 Å². The number of unbranched alkanes of at least 4 members (excludes halogenated alkanes) is 5. The summed E-state index contributed by atoms with van der Waals surface area (Å²) in [6.07, 6.45) is 1.45. The predicted octanol–water partition coefficient (Wildman–Crippen LogP) is -0.628. The maximum absolute atomic E-state index is 9.64. The van der Waals surface area contributed by atoms with E-state index in [9.17, 15) is 15.3 Å². The van der Waals surface area contributed by atoms with E-state index in [0.29, 0.717) is 0 Å². The molecule has 0 unspecified atom stereocenters. The first-order valence-electron chi connectivity index (χ1n) is 7.58. The van der Waals surface area contributed by atoms with E-state index >= 15 is 0 Å². The maximum atomic E-state index is 9.64.